The van der Waals surface area contributed by atoms with Gasteiger partial charge in [-0.15, -0.1) is 0 Å². The number of nitrogens with zero attached hydrogens (tertiary/aromatic N) is 3. The zero-order valence-electron chi connectivity index (χ0n) is 20.8. The van der Waals surface area contributed by atoms with Crippen LogP contribution in [0.15, 0.2) is 71.2 Å². The molecule has 1 aliphatic carbocycles. The van der Waals surface area contributed by atoms with E-state index in [1.54, 1.807) is 21.9 Å². The number of carbonyl (C=O) groups is 1. The fourth-order valence-electron chi connectivity index (χ4n) is 5.95. The summed E-state index contributed by atoms with van der Waals surface area (Å²) < 4.78 is 13.3. The molecule has 2 N–H and O–H groups in total. The van der Waals surface area contributed by atoms with Crippen LogP contribution in [-0.2, 0) is 16.8 Å². The van der Waals surface area contributed by atoms with Gasteiger partial charge in [0.1, 0.15) is 23.5 Å². The highest BCUT2D eigenvalue weighted by atomic mass is 19.1. The molecule has 3 aliphatic rings. The van der Waals surface area contributed by atoms with Crippen LogP contribution in [0.2, 0.25) is 0 Å². The molecular weight excluding hydrogens is 457 g/mol. The van der Waals surface area contributed by atoms with E-state index in [4.69, 9.17) is 0 Å². The van der Waals surface area contributed by atoms with Crippen molar-refractivity contribution in [1.29, 1.82) is 0 Å². The third-order valence-electron chi connectivity index (χ3n) is 7.72. The molecule has 2 aromatic rings. The number of amidine groups is 1. The van der Waals surface area contributed by atoms with Crippen molar-refractivity contribution in [1.82, 2.24) is 9.80 Å². The van der Waals surface area contributed by atoms with Gasteiger partial charge in [-0.05, 0) is 49.9 Å². The summed E-state index contributed by atoms with van der Waals surface area (Å²) in [5.74, 6) is -0.607. The van der Waals surface area contributed by atoms with Gasteiger partial charge < -0.3 is 20.0 Å². The number of aliphatic hydroxyl groups excluding tert-OH is 2. The van der Waals surface area contributed by atoms with Crippen LogP contribution in [-0.4, -0.2) is 50.9 Å². The highest BCUT2D eigenvalue weighted by molar-refractivity contribution is 6.04. The number of amides is 1. The van der Waals surface area contributed by atoms with Crippen LogP contribution in [0.1, 0.15) is 47.9 Å². The Morgan fingerprint density at radius 2 is 1.72 bits per heavy atom. The summed E-state index contributed by atoms with van der Waals surface area (Å²) in [6, 6.07) is 12.4. The van der Waals surface area contributed by atoms with E-state index in [2.05, 4.69) is 43.6 Å². The first kappa shape index (κ1) is 24.3. The maximum atomic E-state index is 13.5. The number of aryl methyl sites for hydroxylation is 2. The van der Waals surface area contributed by atoms with Crippen molar-refractivity contribution in [2.24, 2.45) is 4.99 Å². The van der Waals surface area contributed by atoms with Crippen molar-refractivity contribution in [2.75, 3.05) is 13.1 Å². The highest BCUT2D eigenvalue weighted by Gasteiger charge is 2.49. The molecular formula is C29H32FN3O3. The number of fused-ring (bicyclic) bond motifs is 1. The lowest BCUT2D eigenvalue weighted by Crippen LogP contribution is -2.57. The summed E-state index contributed by atoms with van der Waals surface area (Å²) in [6.07, 6.45) is 2.66. The van der Waals surface area contributed by atoms with Crippen LogP contribution in [0.5, 0.6) is 0 Å². The summed E-state index contributed by atoms with van der Waals surface area (Å²) in [5.41, 5.74) is 3.79. The van der Waals surface area contributed by atoms with E-state index >= 15 is 0 Å². The number of hydrogen-bond acceptors (Lipinski definition) is 5. The molecule has 0 radical (unpaired) electrons. The van der Waals surface area contributed by atoms with Crippen LogP contribution in [0, 0.1) is 19.7 Å². The number of halogens is 1. The molecule has 0 aromatic heterocycles. The van der Waals surface area contributed by atoms with Gasteiger partial charge in [0, 0.05) is 25.0 Å². The summed E-state index contributed by atoms with van der Waals surface area (Å²) in [7, 11) is 0. The number of piperazine rings is 1. The van der Waals surface area contributed by atoms with E-state index in [0.717, 1.165) is 47.9 Å². The molecule has 2 heterocycles. The van der Waals surface area contributed by atoms with Crippen LogP contribution in [0.4, 0.5) is 4.39 Å². The minimum absolute atomic E-state index is 0.0702. The Morgan fingerprint density at radius 1 is 1.08 bits per heavy atom. The van der Waals surface area contributed by atoms with E-state index in [0.29, 0.717) is 18.9 Å². The number of aliphatic imine (C=N–C) groups is 1. The Bertz CT molecular complexity index is 1250. The number of rotatable bonds is 5. The predicted octanol–water partition coefficient (Wildman–Crippen LogP) is 4.66. The van der Waals surface area contributed by atoms with Crippen LogP contribution in [0.3, 0.4) is 0 Å². The number of hydrogen-bond donors (Lipinski definition) is 2. The van der Waals surface area contributed by atoms with Gasteiger partial charge in [0.25, 0.3) is 5.91 Å². The topological polar surface area (TPSA) is 76.4 Å². The molecule has 7 heteroatoms. The van der Waals surface area contributed by atoms with E-state index in [9.17, 15) is 19.4 Å². The molecule has 36 heavy (non-hydrogen) atoms. The van der Waals surface area contributed by atoms with Crippen molar-refractivity contribution < 1.29 is 19.4 Å². The van der Waals surface area contributed by atoms with Crippen LogP contribution < -0.4 is 0 Å². The minimum atomic E-state index is -0.961. The first-order valence-electron chi connectivity index (χ1n) is 12.5. The number of carbonyl (C=O) groups excluding carboxylic acids is 1. The molecule has 6 nitrogen and oxygen atoms in total. The summed E-state index contributed by atoms with van der Waals surface area (Å²) in [5, 5.41) is 22.8. The van der Waals surface area contributed by atoms with Gasteiger partial charge in [0.05, 0.1) is 0 Å². The van der Waals surface area contributed by atoms with Crippen molar-refractivity contribution >= 4 is 11.7 Å². The quantitative estimate of drug-likeness (QED) is 0.641. The molecule has 2 fully saturated rings. The fraction of sp³-hybridized carbons (Fsp3) is 0.379. The third kappa shape index (κ3) is 4.11. The van der Waals surface area contributed by atoms with E-state index < -0.39 is 11.5 Å². The molecule has 1 saturated carbocycles. The Morgan fingerprint density at radius 3 is 2.36 bits per heavy atom. The fourth-order valence-corrected chi connectivity index (χ4v) is 5.95. The predicted molar refractivity (Wildman–Crippen MR) is 137 cm³/mol. The summed E-state index contributed by atoms with van der Waals surface area (Å²) in [4.78, 5) is 21.4. The van der Waals surface area contributed by atoms with Crippen molar-refractivity contribution in [3.05, 3.63) is 94.3 Å². The van der Waals surface area contributed by atoms with Gasteiger partial charge in [-0.1, -0.05) is 60.9 Å². The molecule has 0 spiro atoms. The zero-order valence-corrected chi connectivity index (χ0v) is 20.8. The summed E-state index contributed by atoms with van der Waals surface area (Å²) in [6.45, 7) is 9.03. The molecule has 0 bridgehead atoms. The lowest BCUT2D eigenvalue weighted by atomic mass is 9.72. The molecule has 1 saturated heterocycles. The normalized spacial score (nSPS) is 20.5. The van der Waals surface area contributed by atoms with Crippen molar-refractivity contribution in [2.45, 2.75) is 57.6 Å². The van der Waals surface area contributed by atoms with Gasteiger partial charge >= 0.3 is 0 Å². The smallest absolute Gasteiger partial charge is 0.274 e. The van der Waals surface area contributed by atoms with Crippen molar-refractivity contribution in [3.63, 3.8) is 0 Å². The molecule has 188 valence electrons. The Balaban J connectivity index is 1.47. The van der Waals surface area contributed by atoms with E-state index in [1.165, 1.54) is 12.1 Å². The lowest BCUT2D eigenvalue weighted by Gasteiger charge is -2.44. The second-order valence-corrected chi connectivity index (χ2v) is 10.3. The average Bonchev–Trinajstić information content (AvgIpc) is 3.34. The minimum Gasteiger partial charge on any atom is -0.504 e. The van der Waals surface area contributed by atoms with Crippen LogP contribution >= 0.6 is 0 Å². The third-order valence-corrected chi connectivity index (χ3v) is 7.72. The average molecular weight is 490 g/mol. The molecule has 1 atom stereocenters. The Hall–Kier alpha value is -3.45. The number of benzene rings is 2. The molecule has 1 unspecified atom stereocenters. The van der Waals surface area contributed by atoms with E-state index in [1.807, 2.05) is 0 Å². The first-order valence-corrected chi connectivity index (χ1v) is 12.5. The molecule has 5 rings (SSSR count). The van der Waals surface area contributed by atoms with Gasteiger partial charge in [-0.25, -0.2) is 9.38 Å². The lowest BCUT2D eigenvalue weighted by molar-refractivity contribution is -0.131. The SMILES string of the molecule is C=C1N=C(C(O)C2(c3cc(C)cc(C)c3)CCCC2)N2CCN(Cc3ccc(F)cc3)C(=O)C2=C1O. The largest absolute Gasteiger partial charge is 0.504 e. The molecule has 1 amide bonds. The molecule has 2 aliphatic heterocycles. The van der Waals surface area contributed by atoms with E-state index in [-0.39, 0.29) is 35.4 Å². The second-order valence-electron chi connectivity index (χ2n) is 10.3. The van der Waals surface area contributed by atoms with Gasteiger partial charge in [-0.3, -0.25) is 4.79 Å². The van der Waals surface area contributed by atoms with Crippen LogP contribution in [0.25, 0.3) is 0 Å². The monoisotopic (exact) mass is 489 g/mol. The van der Waals surface area contributed by atoms with Gasteiger partial charge in [-0.2, -0.15) is 0 Å². The Labute approximate surface area is 211 Å². The van der Waals surface area contributed by atoms with Crippen molar-refractivity contribution in [3.8, 4) is 0 Å². The highest BCUT2D eigenvalue weighted by Crippen LogP contribution is 2.46. The first-order chi connectivity index (χ1) is 17.2. The second kappa shape index (κ2) is 9.21. The van der Waals surface area contributed by atoms with Gasteiger partial charge in [0.2, 0.25) is 0 Å². The zero-order chi connectivity index (χ0) is 25.6. The number of aliphatic hydroxyl groups is 2. The maximum Gasteiger partial charge on any atom is 0.274 e. The Kier molecular flexibility index (Phi) is 6.20. The standard InChI is InChI=1S/C29H32FN3O3/c1-18-14-19(2)16-22(15-18)29(10-4-5-11-29)26(35)27-31-20(3)25(34)24-28(36)32(12-13-33(24)27)17-21-6-8-23(30)9-7-21/h6-9,14-16,26,34-35H,3-5,10-13,17H2,1-2H3. The maximum absolute atomic E-state index is 13.5. The summed E-state index contributed by atoms with van der Waals surface area (Å²) >= 11 is 0. The molecule has 2 aromatic carbocycles. The van der Waals surface area contributed by atoms with Gasteiger partial charge in [0.15, 0.2) is 11.5 Å².